The first kappa shape index (κ1) is 6.14. The summed E-state index contributed by atoms with van der Waals surface area (Å²) in [5.74, 6) is 0. The van der Waals surface area contributed by atoms with Gasteiger partial charge in [-0.3, -0.25) is 10.1 Å². The summed E-state index contributed by atoms with van der Waals surface area (Å²) in [6, 6.07) is 0. The zero-order valence-corrected chi connectivity index (χ0v) is 3.83. The van der Waals surface area contributed by atoms with Gasteiger partial charge in [0, 0.05) is 11.3 Å². The Bertz CT molecular complexity index is 79.8. The van der Waals surface area contributed by atoms with Gasteiger partial charge in [-0.2, -0.15) is 0 Å². The normalized spacial score (nSPS) is 8.00. The van der Waals surface area contributed by atoms with Crippen molar-refractivity contribution in [2.75, 3.05) is 0 Å². The van der Waals surface area contributed by atoms with E-state index in [4.69, 9.17) is 0 Å². The number of nitro groups is 1. The maximum atomic E-state index is 9.46. The molecule has 0 aliphatic carbocycles. The van der Waals surface area contributed by atoms with E-state index in [1.165, 1.54) is 6.08 Å². The zero-order chi connectivity index (χ0) is 5.70. The predicted molar refractivity (Wildman–Crippen MR) is 26.1 cm³/mol. The Hall–Kier alpha value is -0.860. The van der Waals surface area contributed by atoms with E-state index in [2.05, 4.69) is 6.58 Å². The van der Waals surface area contributed by atoms with E-state index in [1.54, 1.807) is 0 Å². The molecule has 3 heteroatoms. The first-order valence-electron chi connectivity index (χ1n) is 1.85. The molecule has 0 bridgehead atoms. The van der Waals surface area contributed by atoms with E-state index in [0.29, 0.717) is 6.42 Å². The molecule has 0 rings (SSSR count). The molecular formula is C4H6NO2. The maximum Gasteiger partial charge on any atom is 0.282 e. The molecule has 0 saturated carbocycles. The van der Waals surface area contributed by atoms with E-state index in [1.807, 2.05) is 0 Å². The van der Waals surface area contributed by atoms with Gasteiger partial charge < -0.3 is 0 Å². The highest BCUT2D eigenvalue weighted by atomic mass is 16.6. The molecule has 0 aromatic carbocycles. The molecule has 1 radical (unpaired) electrons. The van der Waals surface area contributed by atoms with Gasteiger partial charge in [-0.15, -0.1) is 6.58 Å². The molecule has 0 heterocycles. The Morgan fingerprint density at radius 1 is 1.86 bits per heavy atom. The second-order valence-corrected chi connectivity index (χ2v) is 0.992. The molecule has 0 aromatic heterocycles. The Balaban J connectivity index is 2.97. The molecule has 0 aliphatic rings. The molecule has 0 aromatic rings. The van der Waals surface area contributed by atoms with Gasteiger partial charge >= 0.3 is 0 Å². The zero-order valence-electron chi connectivity index (χ0n) is 3.83. The average Bonchev–Trinajstić information content (AvgIpc) is 1.61. The van der Waals surface area contributed by atoms with Crippen molar-refractivity contribution < 1.29 is 4.92 Å². The SMILES string of the molecule is C=CC[CH][N+](=O)[O-]. The van der Waals surface area contributed by atoms with E-state index in [-0.39, 0.29) is 0 Å². The Kier molecular flexibility index (Phi) is 2.92. The van der Waals surface area contributed by atoms with Crippen LogP contribution in [-0.2, 0) is 0 Å². The maximum absolute atomic E-state index is 9.46. The lowest BCUT2D eigenvalue weighted by Gasteiger charge is -1.79. The van der Waals surface area contributed by atoms with Crippen LogP contribution in [-0.4, -0.2) is 4.92 Å². The van der Waals surface area contributed by atoms with Crippen LogP contribution in [0.4, 0.5) is 0 Å². The Labute approximate surface area is 41.8 Å². The van der Waals surface area contributed by atoms with Crippen molar-refractivity contribution in [3.63, 3.8) is 0 Å². The molecular weight excluding hydrogens is 94.0 g/mol. The second-order valence-electron chi connectivity index (χ2n) is 0.992. The standard InChI is InChI=1S/C4H6NO2/c1-2-3-4-5(6)7/h2,4H,1,3H2. The van der Waals surface area contributed by atoms with Gasteiger partial charge in [0.05, 0.1) is 0 Å². The summed E-state index contributed by atoms with van der Waals surface area (Å²) in [6.45, 7) is 4.25. The molecule has 0 aliphatic heterocycles. The predicted octanol–water partition coefficient (Wildman–Crippen LogP) is 1.00. The van der Waals surface area contributed by atoms with Crippen molar-refractivity contribution in [1.29, 1.82) is 0 Å². The third-order valence-electron chi connectivity index (χ3n) is 0.421. The van der Waals surface area contributed by atoms with Crippen molar-refractivity contribution in [3.8, 4) is 0 Å². The lowest BCUT2D eigenvalue weighted by molar-refractivity contribution is -0.436. The smallest absolute Gasteiger partial charge is 0.264 e. The van der Waals surface area contributed by atoms with Crippen molar-refractivity contribution >= 4 is 0 Å². The Morgan fingerprint density at radius 2 is 2.43 bits per heavy atom. The van der Waals surface area contributed by atoms with Gasteiger partial charge in [-0.05, 0) is 0 Å². The molecule has 0 spiro atoms. The van der Waals surface area contributed by atoms with Crippen molar-refractivity contribution in [3.05, 3.63) is 29.3 Å². The fourth-order valence-corrected chi connectivity index (χ4v) is 0.161. The summed E-state index contributed by atoms with van der Waals surface area (Å²) in [5, 5.41) is 9.46. The van der Waals surface area contributed by atoms with Gasteiger partial charge in [0.1, 0.15) is 0 Å². The van der Waals surface area contributed by atoms with E-state index in [9.17, 15) is 10.1 Å². The third kappa shape index (κ3) is 5.14. The minimum Gasteiger partial charge on any atom is -0.264 e. The summed E-state index contributed by atoms with van der Waals surface area (Å²) < 4.78 is 0. The molecule has 0 saturated heterocycles. The lowest BCUT2D eigenvalue weighted by Crippen LogP contribution is -1.89. The molecule has 0 N–H and O–H groups in total. The number of hydrogen-bond donors (Lipinski definition) is 0. The highest BCUT2D eigenvalue weighted by Gasteiger charge is 1.91. The van der Waals surface area contributed by atoms with Crippen molar-refractivity contribution in [2.24, 2.45) is 0 Å². The quantitative estimate of drug-likeness (QED) is 0.301. The summed E-state index contributed by atoms with van der Waals surface area (Å²) in [4.78, 5) is 8.98. The van der Waals surface area contributed by atoms with Crippen LogP contribution in [0, 0.1) is 16.7 Å². The van der Waals surface area contributed by atoms with Crippen molar-refractivity contribution in [2.45, 2.75) is 6.42 Å². The number of nitrogens with zero attached hydrogens (tertiary/aromatic N) is 1. The molecule has 0 unspecified atom stereocenters. The van der Waals surface area contributed by atoms with Gasteiger partial charge in [-0.1, -0.05) is 6.08 Å². The van der Waals surface area contributed by atoms with Gasteiger partial charge in [0.2, 0.25) is 0 Å². The Morgan fingerprint density at radius 3 is 2.57 bits per heavy atom. The van der Waals surface area contributed by atoms with Crippen molar-refractivity contribution in [1.82, 2.24) is 0 Å². The summed E-state index contributed by atoms with van der Waals surface area (Å²) in [5.41, 5.74) is 0. The molecule has 0 atom stereocenters. The number of rotatable bonds is 3. The highest BCUT2D eigenvalue weighted by Crippen LogP contribution is 1.85. The summed E-state index contributed by atoms with van der Waals surface area (Å²) in [6.07, 6.45) is 1.82. The fourth-order valence-electron chi connectivity index (χ4n) is 0.161. The first-order valence-corrected chi connectivity index (χ1v) is 1.85. The monoisotopic (exact) mass is 100 g/mol. The van der Waals surface area contributed by atoms with Crippen LogP contribution in [0.3, 0.4) is 0 Å². The van der Waals surface area contributed by atoms with Crippen LogP contribution < -0.4 is 0 Å². The van der Waals surface area contributed by atoms with Gasteiger partial charge in [0.25, 0.3) is 6.54 Å². The first-order chi connectivity index (χ1) is 3.27. The highest BCUT2D eigenvalue weighted by molar-refractivity contribution is 4.70. The van der Waals surface area contributed by atoms with Crippen LogP contribution >= 0.6 is 0 Å². The molecule has 7 heavy (non-hydrogen) atoms. The molecule has 3 nitrogen and oxygen atoms in total. The molecule has 0 fully saturated rings. The van der Waals surface area contributed by atoms with Crippen LogP contribution in [0.15, 0.2) is 12.7 Å². The topological polar surface area (TPSA) is 43.1 Å². The molecule has 39 valence electrons. The van der Waals surface area contributed by atoms with Crippen LogP contribution in [0.2, 0.25) is 0 Å². The van der Waals surface area contributed by atoms with Gasteiger partial charge in [-0.25, -0.2) is 0 Å². The van der Waals surface area contributed by atoms with Gasteiger partial charge in [0.15, 0.2) is 0 Å². The third-order valence-corrected chi connectivity index (χ3v) is 0.421. The second kappa shape index (κ2) is 3.33. The van der Waals surface area contributed by atoms with E-state index in [0.717, 1.165) is 6.54 Å². The van der Waals surface area contributed by atoms with Crippen LogP contribution in [0.5, 0.6) is 0 Å². The molecule has 0 amide bonds. The number of hydrogen-bond acceptors (Lipinski definition) is 2. The van der Waals surface area contributed by atoms with E-state index < -0.39 is 4.92 Å². The van der Waals surface area contributed by atoms with Crippen LogP contribution in [0.1, 0.15) is 6.42 Å². The summed E-state index contributed by atoms with van der Waals surface area (Å²) >= 11 is 0. The largest absolute Gasteiger partial charge is 0.282 e. The van der Waals surface area contributed by atoms with Crippen LogP contribution in [0.25, 0.3) is 0 Å². The lowest BCUT2D eigenvalue weighted by atomic mass is 10.4. The minimum atomic E-state index is -0.484. The summed E-state index contributed by atoms with van der Waals surface area (Å²) in [7, 11) is 0. The fraction of sp³-hybridized carbons (Fsp3) is 0.250. The van der Waals surface area contributed by atoms with E-state index >= 15 is 0 Å². The minimum absolute atomic E-state index is 0.340. The average molecular weight is 100 g/mol.